The Bertz CT molecular complexity index is 314. The summed E-state index contributed by atoms with van der Waals surface area (Å²) in [4.78, 5) is 7.82. The van der Waals surface area contributed by atoms with Crippen LogP contribution in [0.25, 0.3) is 6.08 Å². The number of pyridine rings is 1. The van der Waals surface area contributed by atoms with Crippen LogP contribution in [0.2, 0.25) is 0 Å². The van der Waals surface area contributed by atoms with Gasteiger partial charge in [-0.3, -0.25) is 9.98 Å². The third kappa shape index (κ3) is 2.02. The van der Waals surface area contributed by atoms with Crippen LogP contribution in [0.1, 0.15) is 16.8 Å². The molecular weight excluding hydrogens is 148 g/mol. The van der Waals surface area contributed by atoms with Gasteiger partial charge in [-0.2, -0.15) is 0 Å². The molecule has 0 fully saturated rings. The lowest BCUT2D eigenvalue weighted by molar-refractivity contribution is 1.16. The van der Waals surface area contributed by atoms with Crippen molar-refractivity contribution < 1.29 is 0 Å². The summed E-state index contributed by atoms with van der Waals surface area (Å²) in [5, 5.41) is 0. The molecule has 0 saturated heterocycles. The largest absolute Gasteiger partial charge is 0.272 e. The minimum atomic E-state index is 1.02. The van der Waals surface area contributed by atoms with Crippen molar-refractivity contribution in [2.45, 2.75) is 13.8 Å². The molecule has 1 heterocycles. The van der Waals surface area contributed by atoms with E-state index in [1.165, 1.54) is 0 Å². The van der Waals surface area contributed by atoms with Crippen molar-refractivity contribution in [2.24, 2.45) is 4.99 Å². The summed E-state index contributed by atoms with van der Waals surface area (Å²) < 4.78 is 0. The Morgan fingerprint density at radius 1 is 1.50 bits per heavy atom. The fourth-order valence-electron chi connectivity index (χ4n) is 0.962. The highest BCUT2D eigenvalue weighted by Crippen LogP contribution is 2.09. The van der Waals surface area contributed by atoms with Gasteiger partial charge in [-0.15, -0.1) is 0 Å². The molecule has 0 aliphatic rings. The maximum absolute atomic E-state index is 4.17. The molecule has 0 N–H and O–H groups in total. The van der Waals surface area contributed by atoms with Crippen LogP contribution in [-0.4, -0.2) is 11.7 Å². The Hall–Kier alpha value is -1.44. The normalized spacial score (nSPS) is 10.5. The van der Waals surface area contributed by atoms with Crippen LogP contribution in [0.5, 0.6) is 0 Å². The van der Waals surface area contributed by atoms with Crippen LogP contribution in [-0.2, 0) is 0 Å². The predicted octanol–water partition coefficient (Wildman–Crippen LogP) is 2.37. The van der Waals surface area contributed by atoms with Gasteiger partial charge in [0.1, 0.15) is 0 Å². The summed E-state index contributed by atoms with van der Waals surface area (Å²) in [5.41, 5.74) is 3.32. The van der Waals surface area contributed by atoms with Gasteiger partial charge in [0.2, 0.25) is 0 Å². The number of aromatic nitrogens is 1. The van der Waals surface area contributed by atoms with Gasteiger partial charge in [-0.1, -0.05) is 0 Å². The first kappa shape index (κ1) is 8.65. The zero-order valence-corrected chi connectivity index (χ0v) is 7.41. The number of rotatable bonds is 2. The molecule has 1 aromatic rings. The molecule has 0 aliphatic carbocycles. The third-order valence-electron chi connectivity index (χ3n) is 1.64. The highest BCUT2D eigenvalue weighted by atomic mass is 14.7. The lowest BCUT2D eigenvalue weighted by atomic mass is 10.1. The molecule has 0 aliphatic heterocycles. The first-order valence-electron chi connectivity index (χ1n) is 3.79. The summed E-state index contributed by atoms with van der Waals surface area (Å²) in [5.74, 6) is 0. The van der Waals surface area contributed by atoms with Crippen molar-refractivity contribution >= 4 is 12.8 Å². The lowest BCUT2D eigenvalue weighted by Gasteiger charge is -1.99. The number of aryl methyl sites for hydroxylation is 2. The Labute approximate surface area is 72.7 Å². The van der Waals surface area contributed by atoms with Gasteiger partial charge >= 0.3 is 0 Å². The lowest BCUT2D eigenvalue weighted by Crippen LogP contribution is -1.86. The van der Waals surface area contributed by atoms with Gasteiger partial charge in [0, 0.05) is 18.1 Å². The molecule has 0 bridgehead atoms. The van der Waals surface area contributed by atoms with Crippen molar-refractivity contribution in [2.75, 3.05) is 0 Å². The monoisotopic (exact) mass is 160 g/mol. The zero-order chi connectivity index (χ0) is 8.97. The van der Waals surface area contributed by atoms with Crippen LogP contribution in [0.4, 0.5) is 0 Å². The maximum atomic E-state index is 4.17. The van der Waals surface area contributed by atoms with E-state index >= 15 is 0 Å². The highest BCUT2D eigenvalue weighted by molar-refractivity contribution is 5.53. The number of aliphatic imine (C=N–C) groups is 1. The molecule has 0 spiro atoms. The van der Waals surface area contributed by atoms with Gasteiger partial charge in [0.15, 0.2) is 0 Å². The average molecular weight is 160 g/mol. The summed E-state index contributed by atoms with van der Waals surface area (Å²) >= 11 is 0. The van der Waals surface area contributed by atoms with E-state index in [0.717, 1.165) is 16.8 Å². The fourth-order valence-corrected chi connectivity index (χ4v) is 0.962. The Kier molecular flexibility index (Phi) is 2.75. The number of nitrogens with zero attached hydrogens (tertiary/aromatic N) is 2. The minimum Gasteiger partial charge on any atom is -0.272 e. The van der Waals surface area contributed by atoms with Gasteiger partial charge in [0.05, 0.1) is 0 Å². The smallest absolute Gasteiger partial charge is 0.0378 e. The molecule has 2 nitrogen and oxygen atoms in total. The topological polar surface area (TPSA) is 25.2 Å². The van der Waals surface area contributed by atoms with Crippen molar-refractivity contribution in [3.8, 4) is 0 Å². The first-order chi connectivity index (χ1) is 5.74. The minimum absolute atomic E-state index is 1.02. The van der Waals surface area contributed by atoms with E-state index in [4.69, 9.17) is 0 Å². The van der Waals surface area contributed by atoms with Crippen LogP contribution in [0, 0.1) is 13.8 Å². The third-order valence-corrected chi connectivity index (χ3v) is 1.64. The Balaban J connectivity index is 3.04. The fraction of sp³-hybridized carbons (Fsp3) is 0.200. The van der Waals surface area contributed by atoms with Crippen LogP contribution in [0.3, 0.4) is 0 Å². The molecule has 0 saturated carbocycles. The molecule has 12 heavy (non-hydrogen) atoms. The van der Waals surface area contributed by atoms with Crippen molar-refractivity contribution in [3.63, 3.8) is 0 Å². The summed E-state index contributed by atoms with van der Waals surface area (Å²) in [6.07, 6.45) is 5.47. The van der Waals surface area contributed by atoms with E-state index in [0.29, 0.717) is 0 Å². The van der Waals surface area contributed by atoms with E-state index in [2.05, 4.69) is 16.7 Å². The van der Waals surface area contributed by atoms with E-state index in [1.54, 1.807) is 6.20 Å². The van der Waals surface area contributed by atoms with E-state index in [1.807, 2.05) is 32.2 Å². The standard InChI is InChI=1S/C10H12N2/c1-8-7-12-9(2)6-10(8)4-5-11-3/h4-7H,3H2,1-2H3/b5-4-. The average Bonchev–Trinajstić information content (AvgIpc) is 2.07. The molecule has 0 radical (unpaired) electrons. The van der Waals surface area contributed by atoms with Gasteiger partial charge in [-0.25, -0.2) is 0 Å². The molecule has 62 valence electrons. The summed E-state index contributed by atoms with van der Waals surface area (Å²) in [6.45, 7) is 7.37. The zero-order valence-electron chi connectivity index (χ0n) is 7.41. The molecule has 1 rings (SSSR count). The van der Waals surface area contributed by atoms with Crippen LogP contribution in [0.15, 0.2) is 23.5 Å². The SMILES string of the molecule is C=N/C=C\c1cc(C)ncc1C. The van der Waals surface area contributed by atoms with E-state index in [9.17, 15) is 0 Å². The second-order valence-corrected chi connectivity index (χ2v) is 2.68. The maximum Gasteiger partial charge on any atom is 0.0378 e. The molecular formula is C10H12N2. The number of hydrogen-bond donors (Lipinski definition) is 0. The first-order valence-corrected chi connectivity index (χ1v) is 3.79. The van der Waals surface area contributed by atoms with Gasteiger partial charge < -0.3 is 0 Å². The van der Waals surface area contributed by atoms with Gasteiger partial charge in [0.25, 0.3) is 0 Å². The van der Waals surface area contributed by atoms with Crippen LogP contribution >= 0.6 is 0 Å². The van der Waals surface area contributed by atoms with Gasteiger partial charge in [-0.05, 0) is 43.8 Å². The van der Waals surface area contributed by atoms with Crippen molar-refractivity contribution in [1.82, 2.24) is 4.98 Å². The van der Waals surface area contributed by atoms with E-state index in [-0.39, 0.29) is 0 Å². The van der Waals surface area contributed by atoms with Crippen molar-refractivity contribution in [3.05, 3.63) is 35.3 Å². The molecule has 0 aromatic carbocycles. The predicted molar refractivity (Wildman–Crippen MR) is 52.3 cm³/mol. The quantitative estimate of drug-likeness (QED) is 0.610. The molecule has 0 amide bonds. The Morgan fingerprint density at radius 3 is 2.92 bits per heavy atom. The molecule has 0 unspecified atom stereocenters. The number of hydrogen-bond acceptors (Lipinski definition) is 2. The molecule has 1 aromatic heterocycles. The summed E-state index contributed by atoms with van der Waals surface area (Å²) in [7, 11) is 0. The highest BCUT2D eigenvalue weighted by Gasteiger charge is 1.93. The molecule has 2 heteroatoms. The van der Waals surface area contributed by atoms with Crippen LogP contribution < -0.4 is 0 Å². The summed E-state index contributed by atoms with van der Waals surface area (Å²) in [6, 6.07) is 2.02. The second-order valence-electron chi connectivity index (χ2n) is 2.68. The Morgan fingerprint density at radius 2 is 2.25 bits per heavy atom. The molecule has 0 atom stereocenters. The van der Waals surface area contributed by atoms with Crippen molar-refractivity contribution in [1.29, 1.82) is 0 Å². The second kappa shape index (κ2) is 3.81. The van der Waals surface area contributed by atoms with E-state index < -0.39 is 0 Å².